The first kappa shape index (κ1) is 35.7. The summed E-state index contributed by atoms with van der Waals surface area (Å²) in [5.41, 5.74) is 7.15. The second-order valence-corrected chi connectivity index (χ2v) is 14.5. The molecule has 0 saturated carbocycles. The van der Waals surface area contributed by atoms with Crippen molar-refractivity contribution < 1.29 is 24.2 Å². The summed E-state index contributed by atoms with van der Waals surface area (Å²) in [4.78, 5) is 30.5. The average molecular weight is 723 g/mol. The highest BCUT2D eigenvalue weighted by Crippen LogP contribution is 2.40. The van der Waals surface area contributed by atoms with E-state index in [-0.39, 0.29) is 30.6 Å². The van der Waals surface area contributed by atoms with Crippen LogP contribution in [0.5, 0.6) is 0 Å². The highest BCUT2D eigenvalue weighted by Gasteiger charge is 2.50. The Hall–Kier alpha value is -5.32. The number of carbonyl (C=O) groups excluding carboxylic acids is 2. The molecule has 5 aromatic rings. The quantitative estimate of drug-likeness (QED) is 0.147. The summed E-state index contributed by atoms with van der Waals surface area (Å²) >= 11 is 0. The van der Waals surface area contributed by atoms with Crippen LogP contribution in [0.4, 0.5) is 5.69 Å². The van der Waals surface area contributed by atoms with E-state index in [1.165, 1.54) is 0 Å². The Labute approximate surface area is 316 Å². The number of rotatable bonds is 10. The molecule has 2 amide bonds. The van der Waals surface area contributed by atoms with Crippen LogP contribution < -0.4 is 15.5 Å². The number of piperidine rings is 1. The summed E-state index contributed by atoms with van der Waals surface area (Å²) in [7, 11) is 0. The lowest BCUT2D eigenvalue weighted by Crippen LogP contribution is -2.57. The molecule has 3 atom stereocenters. The molecule has 0 bridgehead atoms. The number of benzene rings is 5. The zero-order valence-corrected chi connectivity index (χ0v) is 30.3. The molecular weight excluding hydrogens is 677 g/mol. The Morgan fingerprint density at radius 3 is 2.20 bits per heavy atom. The van der Waals surface area contributed by atoms with E-state index < -0.39 is 11.8 Å². The fraction of sp³-hybridized carbons (Fsp3) is 0.289. The third-order valence-electron chi connectivity index (χ3n) is 11.1. The number of nitrogens with one attached hydrogen (secondary N) is 2. The van der Waals surface area contributed by atoms with Crippen molar-refractivity contribution in [2.24, 2.45) is 0 Å². The van der Waals surface area contributed by atoms with Gasteiger partial charge in [0.25, 0.3) is 5.91 Å². The van der Waals surface area contributed by atoms with Crippen molar-refractivity contribution in [3.8, 4) is 11.1 Å². The summed E-state index contributed by atoms with van der Waals surface area (Å²) in [6, 6.07) is 43.9. The van der Waals surface area contributed by atoms with Crippen LogP contribution in [0.15, 0.2) is 133 Å². The molecule has 8 rings (SSSR count). The minimum atomic E-state index is -0.565. The van der Waals surface area contributed by atoms with Crippen molar-refractivity contribution in [1.82, 2.24) is 15.5 Å². The molecule has 54 heavy (non-hydrogen) atoms. The maximum Gasteiger partial charge on any atom is 0.251 e. The van der Waals surface area contributed by atoms with Gasteiger partial charge in [0.1, 0.15) is 5.54 Å². The van der Waals surface area contributed by atoms with E-state index in [0.717, 1.165) is 71.5 Å². The number of hydrogen-bond donors (Lipinski definition) is 3. The van der Waals surface area contributed by atoms with E-state index in [1.807, 2.05) is 84.9 Å². The average Bonchev–Trinajstić information content (AvgIpc) is 3.55. The highest BCUT2D eigenvalue weighted by molar-refractivity contribution is 5.94. The maximum absolute atomic E-state index is 13.3. The molecule has 3 aliphatic heterocycles. The zero-order valence-electron chi connectivity index (χ0n) is 30.3. The van der Waals surface area contributed by atoms with Crippen molar-refractivity contribution in [2.45, 2.75) is 56.5 Å². The molecule has 3 heterocycles. The van der Waals surface area contributed by atoms with E-state index in [0.29, 0.717) is 25.2 Å². The molecule has 3 fully saturated rings. The number of aliphatic hydroxyl groups excluding tert-OH is 1. The Morgan fingerprint density at radius 2 is 1.48 bits per heavy atom. The first-order valence-corrected chi connectivity index (χ1v) is 18.8. The smallest absolute Gasteiger partial charge is 0.251 e. The number of likely N-dealkylation sites (tertiary alicyclic amines) is 1. The Morgan fingerprint density at radius 1 is 0.778 bits per heavy atom. The van der Waals surface area contributed by atoms with Gasteiger partial charge < -0.3 is 35.0 Å². The lowest BCUT2D eigenvalue weighted by molar-refractivity contribution is -0.253. The van der Waals surface area contributed by atoms with Gasteiger partial charge in [-0.15, -0.1) is 0 Å². The monoisotopic (exact) mass is 722 g/mol. The lowest BCUT2D eigenvalue weighted by atomic mass is 9.85. The number of hydrogen-bond acceptors (Lipinski definition) is 7. The van der Waals surface area contributed by atoms with Crippen LogP contribution in [0.25, 0.3) is 11.1 Å². The zero-order chi connectivity index (χ0) is 36.9. The molecule has 0 radical (unpaired) electrons. The first-order chi connectivity index (χ1) is 26.5. The summed E-state index contributed by atoms with van der Waals surface area (Å²) in [6.45, 7) is 3.28. The SMILES string of the molecule is O=C(NCc1cccc(-c2ccc([C@@H]3O[C@H](CN4CCC5(CC4)C(=O)NCN5c4ccccc4)C[C@H](c4ccc(CO)cc4)O3)cc2)c1)c1ccccc1. The molecule has 3 aliphatic rings. The third-order valence-corrected chi connectivity index (χ3v) is 11.1. The van der Waals surface area contributed by atoms with Crippen LogP contribution in [0.3, 0.4) is 0 Å². The number of para-hydroxylation sites is 1. The van der Waals surface area contributed by atoms with E-state index in [2.05, 4.69) is 69.0 Å². The summed E-state index contributed by atoms with van der Waals surface area (Å²) in [6.07, 6.45) is 1.34. The topological polar surface area (TPSA) is 103 Å². The summed E-state index contributed by atoms with van der Waals surface area (Å²) in [5.74, 6) is 0.0173. The minimum Gasteiger partial charge on any atom is -0.392 e. The van der Waals surface area contributed by atoms with E-state index in [9.17, 15) is 14.7 Å². The van der Waals surface area contributed by atoms with Crippen LogP contribution >= 0.6 is 0 Å². The van der Waals surface area contributed by atoms with Gasteiger partial charge in [0.15, 0.2) is 6.29 Å². The predicted octanol–water partition coefficient (Wildman–Crippen LogP) is 6.75. The van der Waals surface area contributed by atoms with E-state index in [4.69, 9.17) is 9.47 Å². The maximum atomic E-state index is 13.3. The van der Waals surface area contributed by atoms with Crippen molar-refractivity contribution in [2.75, 3.05) is 31.2 Å². The molecular formula is C45H46N4O5. The third kappa shape index (κ3) is 7.67. The van der Waals surface area contributed by atoms with Gasteiger partial charge in [-0.1, -0.05) is 103 Å². The van der Waals surface area contributed by atoms with Gasteiger partial charge in [-0.25, -0.2) is 0 Å². The largest absolute Gasteiger partial charge is 0.392 e. The molecule has 3 N–H and O–H groups in total. The molecule has 0 aliphatic carbocycles. The van der Waals surface area contributed by atoms with Crippen LogP contribution in [0.2, 0.25) is 0 Å². The van der Waals surface area contributed by atoms with Gasteiger partial charge in [-0.2, -0.15) is 0 Å². The van der Waals surface area contributed by atoms with Crippen molar-refractivity contribution in [3.05, 3.63) is 161 Å². The van der Waals surface area contributed by atoms with Crippen LogP contribution in [-0.4, -0.2) is 59.8 Å². The normalized spacial score (nSPS) is 21.2. The van der Waals surface area contributed by atoms with Crippen LogP contribution in [0, 0.1) is 0 Å². The number of ether oxygens (including phenoxy) is 2. The molecule has 9 heteroatoms. The van der Waals surface area contributed by atoms with E-state index >= 15 is 0 Å². The lowest BCUT2D eigenvalue weighted by Gasteiger charge is -2.45. The number of nitrogens with zero attached hydrogens (tertiary/aromatic N) is 2. The van der Waals surface area contributed by atoms with E-state index in [1.54, 1.807) is 0 Å². The molecule has 276 valence electrons. The van der Waals surface area contributed by atoms with Gasteiger partial charge in [0, 0.05) is 49.4 Å². The Bertz CT molecular complexity index is 2030. The molecule has 9 nitrogen and oxygen atoms in total. The van der Waals surface area contributed by atoms with Crippen LogP contribution in [0.1, 0.15) is 64.3 Å². The number of aliphatic hydroxyl groups is 1. The predicted molar refractivity (Wildman–Crippen MR) is 208 cm³/mol. The highest BCUT2D eigenvalue weighted by atomic mass is 16.7. The Balaban J connectivity index is 0.955. The number of amides is 2. The van der Waals surface area contributed by atoms with Crippen LogP contribution in [-0.2, 0) is 27.4 Å². The summed E-state index contributed by atoms with van der Waals surface area (Å²) in [5, 5.41) is 15.8. The summed E-state index contributed by atoms with van der Waals surface area (Å²) < 4.78 is 13.4. The number of carbonyl (C=O) groups is 2. The molecule has 5 aromatic carbocycles. The standard InChI is InChI=1S/C45H46N4O5/c50-30-32-14-16-35(17-15-32)41-27-40(29-48-24-22-45(23-25-48)44(52)47-31-49(45)39-12-5-2-6-13-39)53-43(54-41)37-20-18-34(19-21-37)38-11-7-8-33(26-38)28-46-42(51)36-9-3-1-4-10-36/h1-21,26,40-41,43,50H,22-25,27-31H2,(H,46,51)(H,47,52)/t40-,41+,43+/m0/s1. The fourth-order valence-corrected chi connectivity index (χ4v) is 8.03. The second kappa shape index (κ2) is 16.0. The minimum absolute atomic E-state index is 0.00603. The number of anilines is 1. The molecule has 1 spiro atoms. The molecule has 0 aromatic heterocycles. The Kier molecular flexibility index (Phi) is 10.6. The fourth-order valence-electron chi connectivity index (χ4n) is 8.03. The van der Waals surface area contributed by atoms with Gasteiger partial charge >= 0.3 is 0 Å². The van der Waals surface area contributed by atoms with Crippen molar-refractivity contribution in [3.63, 3.8) is 0 Å². The van der Waals surface area contributed by atoms with Gasteiger partial charge in [-0.3, -0.25) is 9.59 Å². The van der Waals surface area contributed by atoms with Gasteiger partial charge in [0.05, 0.1) is 25.5 Å². The molecule has 0 unspecified atom stereocenters. The van der Waals surface area contributed by atoms with Gasteiger partial charge in [0.2, 0.25) is 5.91 Å². The first-order valence-electron chi connectivity index (χ1n) is 18.8. The molecule has 3 saturated heterocycles. The van der Waals surface area contributed by atoms with Gasteiger partial charge in [-0.05, 0) is 71.0 Å². The van der Waals surface area contributed by atoms with Crippen molar-refractivity contribution in [1.29, 1.82) is 0 Å². The van der Waals surface area contributed by atoms with Crippen molar-refractivity contribution >= 4 is 17.5 Å². The second-order valence-electron chi connectivity index (χ2n) is 14.5.